The molecule has 0 saturated heterocycles. The third-order valence-electron chi connectivity index (χ3n) is 4.67. The van der Waals surface area contributed by atoms with E-state index in [1.54, 1.807) is 36.4 Å². The number of hydrazone groups is 1. The van der Waals surface area contributed by atoms with Gasteiger partial charge in [-0.1, -0.05) is 47.5 Å². The van der Waals surface area contributed by atoms with Crippen LogP contribution in [0.15, 0.2) is 76.7 Å². The first-order valence-corrected chi connectivity index (χ1v) is 12.1. The molecule has 0 bridgehead atoms. The number of hydrogen-bond acceptors (Lipinski definition) is 6. The summed E-state index contributed by atoms with van der Waals surface area (Å²) < 4.78 is 32.5. The summed E-state index contributed by atoms with van der Waals surface area (Å²) in [4.78, 5) is 12.6. The number of sulfonamides is 1. The molecule has 8 nitrogen and oxygen atoms in total. The van der Waals surface area contributed by atoms with Crippen molar-refractivity contribution in [3.63, 3.8) is 0 Å². The molecule has 0 unspecified atom stereocenters. The molecule has 0 spiro atoms. The van der Waals surface area contributed by atoms with Crippen LogP contribution < -0.4 is 10.2 Å². The molecular formula is C23H21Cl2N3O5S. The molecule has 0 radical (unpaired) electrons. The molecule has 0 aliphatic rings. The average molecular weight is 522 g/mol. The topological polar surface area (TPSA) is 108 Å². The molecule has 0 heterocycles. The van der Waals surface area contributed by atoms with Gasteiger partial charge in [0.2, 0.25) is 10.0 Å². The monoisotopic (exact) mass is 521 g/mol. The van der Waals surface area contributed by atoms with Crippen LogP contribution in [0.3, 0.4) is 0 Å². The Morgan fingerprint density at radius 1 is 1.12 bits per heavy atom. The first-order valence-electron chi connectivity index (χ1n) is 9.88. The van der Waals surface area contributed by atoms with Crippen LogP contribution in [0.2, 0.25) is 10.0 Å². The number of ether oxygens (including phenoxy) is 1. The zero-order valence-electron chi connectivity index (χ0n) is 18.0. The molecule has 3 rings (SSSR count). The highest BCUT2D eigenvalue weighted by molar-refractivity contribution is 7.89. The number of nitrogens with zero attached hydrogens (tertiary/aromatic N) is 2. The van der Waals surface area contributed by atoms with E-state index in [1.165, 1.54) is 43.7 Å². The maximum atomic E-state index is 13.2. The molecule has 3 aromatic carbocycles. The standard InChI is InChI=1S/C23H21Cl2N3O5S/c1-33-22-11-16(7-10-21(22)29)13-26-27-23(30)15-28(14-17-8-9-18(24)12-20(17)25)34(31,32)19-5-3-2-4-6-19/h2-13,29H,14-15H2,1H3,(H,27,30)/b26-13-. The van der Waals surface area contributed by atoms with E-state index in [0.717, 1.165) is 4.31 Å². The molecule has 3 aromatic rings. The number of halogens is 2. The number of benzene rings is 3. The van der Waals surface area contributed by atoms with Gasteiger partial charge in [0.15, 0.2) is 11.5 Å². The summed E-state index contributed by atoms with van der Waals surface area (Å²) in [6, 6.07) is 17.0. The first-order chi connectivity index (χ1) is 16.2. The van der Waals surface area contributed by atoms with Crippen LogP contribution in [0.25, 0.3) is 0 Å². The van der Waals surface area contributed by atoms with Gasteiger partial charge in [-0.3, -0.25) is 4.79 Å². The Kier molecular flexibility index (Phi) is 8.51. The number of carbonyl (C=O) groups excluding carboxylic acids is 1. The minimum atomic E-state index is -4.03. The zero-order valence-corrected chi connectivity index (χ0v) is 20.3. The van der Waals surface area contributed by atoms with Crippen molar-refractivity contribution >= 4 is 45.3 Å². The number of phenolic OH excluding ortho intramolecular Hbond substituents is 1. The Bertz CT molecular complexity index is 1300. The van der Waals surface area contributed by atoms with Crippen molar-refractivity contribution in [2.24, 2.45) is 5.10 Å². The Morgan fingerprint density at radius 3 is 2.53 bits per heavy atom. The van der Waals surface area contributed by atoms with Crippen molar-refractivity contribution in [3.05, 3.63) is 87.9 Å². The molecule has 34 heavy (non-hydrogen) atoms. The van der Waals surface area contributed by atoms with E-state index in [0.29, 0.717) is 16.1 Å². The number of nitrogens with one attached hydrogen (secondary N) is 1. The Balaban J connectivity index is 1.80. The van der Waals surface area contributed by atoms with Gasteiger partial charge in [-0.2, -0.15) is 9.41 Å². The number of amides is 1. The van der Waals surface area contributed by atoms with Crippen molar-refractivity contribution in [1.82, 2.24) is 9.73 Å². The van der Waals surface area contributed by atoms with Crippen LogP contribution in [0.5, 0.6) is 11.5 Å². The quantitative estimate of drug-likeness (QED) is 0.326. The second-order valence-corrected chi connectivity index (χ2v) is 9.83. The molecule has 0 aromatic heterocycles. The predicted molar refractivity (Wildman–Crippen MR) is 131 cm³/mol. The van der Waals surface area contributed by atoms with Gasteiger partial charge < -0.3 is 9.84 Å². The van der Waals surface area contributed by atoms with Crippen LogP contribution in [0.1, 0.15) is 11.1 Å². The number of hydrogen-bond donors (Lipinski definition) is 2. The largest absolute Gasteiger partial charge is 0.504 e. The van der Waals surface area contributed by atoms with Gasteiger partial charge >= 0.3 is 0 Å². The Hall–Kier alpha value is -3.11. The van der Waals surface area contributed by atoms with Gasteiger partial charge in [-0.25, -0.2) is 13.8 Å². The lowest BCUT2D eigenvalue weighted by molar-refractivity contribution is -0.121. The summed E-state index contributed by atoms with van der Waals surface area (Å²) in [5, 5.41) is 14.2. The van der Waals surface area contributed by atoms with Gasteiger partial charge in [0.05, 0.1) is 24.8 Å². The van der Waals surface area contributed by atoms with Crippen LogP contribution in [-0.2, 0) is 21.4 Å². The molecule has 11 heteroatoms. The van der Waals surface area contributed by atoms with Gasteiger partial charge in [0.25, 0.3) is 5.91 Å². The fourth-order valence-electron chi connectivity index (χ4n) is 2.96. The van der Waals surface area contributed by atoms with E-state index < -0.39 is 22.5 Å². The molecule has 0 aliphatic heterocycles. The van der Waals surface area contributed by atoms with E-state index in [4.69, 9.17) is 27.9 Å². The second kappa shape index (κ2) is 11.3. The number of aromatic hydroxyl groups is 1. The fourth-order valence-corrected chi connectivity index (χ4v) is 4.82. The van der Waals surface area contributed by atoms with Gasteiger partial charge in [-0.05, 0) is 53.6 Å². The molecule has 178 valence electrons. The average Bonchev–Trinajstić information content (AvgIpc) is 2.81. The van der Waals surface area contributed by atoms with Crippen molar-refractivity contribution < 1.29 is 23.1 Å². The lowest BCUT2D eigenvalue weighted by Gasteiger charge is -2.22. The molecule has 2 N–H and O–H groups in total. The molecule has 0 fully saturated rings. The number of methoxy groups -OCH3 is 1. The van der Waals surface area contributed by atoms with Crippen LogP contribution in [-0.4, -0.2) is 43.6 Å². The van der Waals surface area contributed by atoms with E-state index in [1.807, 2.05) is 0 Å². The SMILES string of the molecule is COc1cc(/C=N\NC(=O)CN(Cc2ccc(Cl)cc2Cl)S(=O)(=O)c2ccccc2)ccc1O. The molecular weight excluding hydrogens is 501 g/mol. The summed E-state index contributed by atoms with van der Waals surface area (Å²) in [5.74, 6) is -0.451. The highest BCUT2D eigenvalue weighted by Gasteiger charge is 2.27. The number of carbonyl (C=O) groups is 1. The van der Waals surface area contributed by atoms with Gasteiger partial charge in [0, 0.05) is 16.6 Å². The van der Waals surface area contributed by atoms with Crippen molar-refractivity contribution in [1.29, 1.82) is 0 Å². The second-order valence-electron chi connectivity index (χ2n) is 7.05. The fraction of sp³-hybridized carbons (Fsp3) is 0.130. The van der Waals surface area contributed by atoms with Crippen molar-refractivity contribution in [2.75, 3.05) is 13.7 Å². The van der Waals surface area contributed by atoms with Crippen LogP contribution in [0, 0.1) is 0 Å². The highest BCUT2D eigenvalue weighted by atomic mass is 35.5. The molecule has 0 atom stereocenters. The minimum Gasteiger partial charge on any atom is -0.504 e. The molecule has 1 amide bonds. The normalized spacial score (nSPS) is 11.6. The third kappa shape index (κ3) is 6.48. The van der Waals surface area contributed by atoms with E-state index in [-0.39, 0.29) is 28.0 Å². The highest BCUT2D eigenvalue weighted by Crippen LogP contribution is 2.26. The first kappa shape index (κ1) is 25.5. The van der Waals surface area contributed by atoms with E-state index in [9.17, 15) is 18.3 Å². The lowest BCUT2D eigenvalue weighted by atomic mass is 10.2. The van der Waals surface area contributed by atoms with Crippen molar-refractivity contribution in [2.45, 2.75) is 11.4 Å². The Morgan fingerprint density at radius 2 is 1.85 bits per heavy atom. The van der Waals surface area contributed by atoms with Gasteiger partial charge in [0.1, 0.15) is 0 Å². The summed E-state index contributed by atoms with van der Waals surface area (Å²) >= 11 is 12.2. The minimum absolute atomic E-state index is 0.0348. The molecule has 0 aliphatic carbocycles. The summed E-state index contributed by atoms with van der Waals surface area (Å²) in [7, 11) is -2.62. The van der Waals surface area contributed by atoms with Crippen molar-refractivity contribution in [3.8, 4) is 11.5 Å². The summed E-state index contributed by atoms with van der Waals surface area (Å²) in [5.41, 5.74) is 3.35. The van der Waals surface area contributed by atoms with Crippen LogP contribution >= 0.6 is 23.2 Å². The number of rotatable bonds is 9. The lowest BCUT2D eigenvalue weighted by Crippen LogP contribution is -2.39. The smallest absolute Gasteiger partial charge is 0.255 e. The summed E-state index contributed by atoms with van der Waals surface area (Å²) in [6.07, 6.45) is 1.34. The Labute approximate surface area is 207 Å². The third-order valence-corrected chi connectivity index (χ3v) is 7.06. The maximum Gasteiger partial charge on any atom is 0.255 e. The summed E-state index contributed by atoms with van der Waals surface area (Å²) in [6.45, 7) is -0.661. The maximum absolute atomic E-state index is 13.2. The van der Waals surface area contributed by atoms with E-state index >= 15 is 0 Å². The number of phenols is 1. The van der Waals surface area contributed by atoms with Crippen LogP contribution in [0.4, 0.5) is 0 Å². The van der Waals surface area contributed by atoms with Gasteiger partial charge in [-0.15, -0.1) is 0 Å². The van der Waals surface area contributed by atoms with E-state index in [2.05, 4.69) is 10.5 Å². The molecule has 0 saturated carbocycles. The predicted octanol–water partition coefficient (Wildman–Crippen LogP) is 4.05. The zero-order chi connectivity index (χ0) is 24.7.